The number of ether oxygens (including phenoxy) is 2. The third kappa shape index (κ3) is 4.09. The van der Waals surface area contributed by atoms with Crippen molar-refractivity contribution in [3.63, 3.8) is 0 Å². The van der Waals surface area contributed by atoms with Gasteiger partial charge in [-0.3, -0.25) is 5.32 Å². The third-order valence-corrected chi connectivity index (χ3v) is 5.63. The lowest BCUT2D eigenvalue weighted by Crippen LogP contribution is -2.26. The van der Waals surface area contributed by atoms with Crippen LogP contribution in [0.1, 0.15) is 61.8 Å². The van der Waals surface area contributed by atoms with Crippen LogP contribution < -0.4 is 5.32 Å². The molecule has 0 aliphatic heterocycles. The molecule has 24 heavy (non-hydrogen) atoms. The predicted molar refractivity (Wildman–Crippen MR) is 95.9 cm³/mol. The molecule has 1 aromatic heterocycles. The van der Waals surface area contributed by atoms with Crippen molar-refractivity contribution in [1.29, 1.82) is 0 Å². The molecule has 0 spiro atoms. The number of anilines is 1. The number of amides is 1. The van der Waals surface area contributed by atoms with E-state index in [-0.39, 0.29) is 18.0 Å². The van der Waals surface area contributed by atoms with Crippen LogP contribution >= 0.6 is 11.3 Å². The molecule has 1 heterocycles. The van der Waals surface area contributed by atoms with E-state index in [0.29, 0.717) is 23.1 Å². The monoisotopic (exact) mass is 353 g/mol. The number of fused-ring (bicyclic) bond motifs is 1. The van der Waals surface area contributed by atoms with Gasteiger partial charge in [0.25, 0.3) is 0 Å². The van der Waals surface area contributed by atoms with E-state index in [1.165, 1.54) is 16.2 Å². The second-order valence-corrected chi connectivity index (χ2v) is 8.18. The molecule has 1 atom stereocenters. The van der Waals surface area contributed by atoms with Gasteiger partial charge in [-0.2, -0.15) is 0 Å². The molecule has 1 aliphatic rings. The van der Waals surface area contributed by atoms with Crippen molar-refractivity contribution < 1.29 is 19.1 Å². The smallest absolute Gasteiger partial charge is 0.412 e. The molecule has 0 unspecified atom stereocenters. The molecule has 1 amide bonds. The number of carbonyl (C=O) groups excluding carboxylic acids is 2. The van der Waals surface area contributed by atoms with E-state index in [1.807, 2.05) is 0 Å². The highest BCUT2D eigenvalue weighted by Gasteiger charge is 2.34. The number of hydrogen-bond donors (Lipinski definition) is 1. The summed E-state index contributed by atoms with van der Waals surface area (Å²) >= 11 is 1.48. The van der Waals surface area contributed by atoms with Crippen molar-refractivity contribution in [1.82, 2.24) is 0 Å². The zero-order valence-electron chi connectivity index (χ0n) is 15.2. The Hall–Kier alpha value is -1.56. The Kier molecular flexibility index (Phi) is 5.91. The number of esters is 1. The van der Waals surface area contributed by atoms with E-state index in [1.54, 1.807) is 13.8 Å². The largest absolute Gasteiger partial charge is 0.462 e. The summed E-state index contributed by atoms with van der Waals surface area (Å²) in [6.45, 7) is 10.9. The molecule has 0 bridgehead atoms. The van der Waals surface area contributed by atoms with Crippen LogP contribution in [0.25, 0.3) is 0 Å². The molecule has 0 saturated heterocycles. The minimum absolute atomic E-state index is 0.223. The molecule has 2 rings (SSSR count). The maximum absolute atomic E-state index is 12.4. The highest BCUT2D eigenvalue weighted by Crippen LogP contribution is 2.44. The van der Waals surface area contributed by atoms with Crippen molar-refractivity contribution in [2.75, 3.05) is 18.5 Å². The van der Waals surface area contributed by atoms with Crippen molar-refractivity contribution in [3.05, 3.63) is 16.0 Å². The lowest BCUT2D eigenvalue weighted by molar-refractivity contribution is 0.0526. The number of thiophene rings is 1. The average Bonchev–Trinajstić information content (AvgIpc) is 2.83. The Morgan fingerprint density at radius 3 is 2.46 bits per heavy atom. The maximum atomic E-state index is 12.4. The van der Waals surface area contributed by atoms with Crippen LogP contribution in [0.5, 0.6) is 0 Å². The number of nitrogens with one attached hydrogen (secondary N) is 1. The second kappa shape index (κ2) is 7.55. The summed E-state index contributed by atoms with van der Waals surface area (Å²) < 4.78 is 10.2. The van der Waals surface area contributed by atoms with E-state index >= 15 is 0 Å². The fraction of sp³-hybridized carbons (Fsp3) is 0.667. The molecule has 0 aromatic carbocycles. The Morgan fingerprint density at radius 1 is 1.21 bits per heavy atom. The maximum Gasteiger partial charge on any atom is 0.412 e. The summed E-state index contributed by atoms with van der Waals surface area (Å²) in [6, 6.07) is 0. The lowest BCUT2D eigenvalue weighted by Gasteiger charge is -2.33. The highest BCUT2D eigenvalue weighted by atomic mass is 32.1. The molecule has 134 valence electrons. The average molecular weight is 353 g/mol. The molecule has 6 heteroatoms. The van der Waals surface area contributed by atoms with Gasteiger partial charge in [-0.1, -0.05) is 20.8 Å². The molecular formula is C18H27NO4S. The van der Waals surface area contributed by atoms with Crippen LogP contribution in [0.2, 0.25) is 0 Å². The van der Waals surface area contributed by atoms with E-state index in [0.717, 1.165) is 24.8 Å². The lowest BCUT2D eigenvalue weighted by atomic mass is 9.72. The van der Waals surface area contributed by atoms with Crippen LogP contribution in [0.3, 0.4) is 0 Å². The van der Waals surface area contributed by atoms with Gasteiger partial charge in [-0.25, -0.2) is 9.59 Å². The summed E-state index contributed by atoms with van der Waals surface area (Å²) in [4.78, 5) is 25.4. The summed E-state index contributed by atoms with van der Waals surface area (Å²) in [7, 11) is 0. The quantitative estimate of drug-likeness (QED) is 0.801. The molecule has 0 saturated carbocycles. The van der Waals surface area contributed by atoms with Crippen LogP contribution in [-0.2, 0) is 22.3 Å². The van der Waals surface area contributed by atoms with Crippen molar-refractivity contribution in [2.45, 2.75) is 53.9 Å². The van der Waals surface area contributed by atoms with Crippen LogP contribution in [0.4, 0.5) is 9.80 Å². The Balaban J connectivity index is 2.35. The van der Waals surface area contributed by atoms with Gasteiger partial charge in [0, 0.05) is 4.88 Å². The van der Waals surface area contributed by atoms with Gasteiger partial charge in [0.05, 0.1) is 18.8 Å². The molecular weight excluding hydrogens is 326 g/mol. The molecule has 0 radical (unpaired) electrons. The normalized spacial score (nSPS) is 17.1. The van der Waals surface area contributed by atoms with Gasteiger partial charge < -0.3 is 9.47 Å². The third-order valence-electron chi connectivity index (χ3n) is 4.46. The first kappa shape index (κ1) is 18.8. The molecule has 1 N–H and O–H groups in total. The first-order valence-electron chi connectivity index (χ1n) is 8.53. The number of carbonyl (C=O) groups is 2. The van der Waals surface area contributed by atoms with E-state index in [9.17, 15) is 9.59 Å². The Morgan fingerprint density at radius 2 is 1.88 bits per heavy atom. The van der Waals surface area contributed by atoms with Crippen LogP contribution in [-0.4, -0.2) is 25.3 Å². The fourth-order valence-electron chi connectivity index (χ4n) is 3.09. The Bertz CT molecular complexity index is 615. The first-order valence-corrected chi connectivity index (χ1v) is 9.35. The minimum atomic E-state index is -0.533. The SMILES string of the molecule is CCOC(=O)Nc1sc2c(c1C(=O)OCC)CC[C@@H](C(C)(C)C)C2. The molecule has 0 fully saturated rings. The van der Waals surface area contributed by atoms with Gasteiger partial charge >= 0.3 is 12.1 Å². The van der Waals surface area contributed by atoms with E-state index in [4.69, 9.17) is 9.47 Å². The van der Waals surface area contributed by atoms with Crippen LogP contribution in [0, 0.1) is 11.3 Å². The van der Waals surface area contributed by atoms with E-state index in [2.05, 4.69) is 26.1 Å². The summed E-state index contributed by atoms with van der Waals surface area (Å²) in [5.74, 6) is 0.199. The number of hydrogen-bond acceptors (Lipinski definition) is 5. The number of rotatable bonds is 4. The van der Waals surface area contributed by atoms with Gasteiger partial charge in [0.1, 0.15) is 5.00 Å². The Labute approximate surface area is 147 Å². The summed E-state index contributed by atoms with van der Waals surface area (Å²) in [5, 5.41) is 3.27. The zero-order valence-corrected chi connectivity index (χ0v) is 16.0. The minimum Gasteiger partial charge on any atom is -0.462 e. The molecule has 1 aromatic rings. The molecule has 1 aliphatic carbocycles. The topological polar surface area (TPSA) is 64.6 Å². The van der Waals surface area contributed by atoms with E-state index < -0.39 is 6.09 Å². The van der Waals surface area contributed by atoms with Gasteiger partial charge in [0.2, 0.25) is 0 Å². The van der Waals surface area contributed by atoms with Gasteiger partial charge in [0.15, 0.2) is 0 Å². The summed E-state index contributed by atoms with van der Waals surface area (Å²) in [6.07, 6.45) is 2.28. The zero-order chi connectivity index (χ0) is 17.9. The van der Waals surface area contributed by atoms with Crippen molar-refractivity contribution >= 4 is 28.4 Å². The van der Waals surface area contributed by atoms with Gasteiger partial charge in [-0.15, -0.1) is 11.3 Å². The van der Waals surface area contributed by atoms with Crippen LogP contribution in [0.15, 0.2) is 0 Å². The summed E-state index contributed by atoms with van der Waals surface area (Å²) in [5.41, 5.74) is 1.77. The standard InChI is InChI=1S/C18H27NO4S/c1-6-22-16(20)14-12-9-8-11(18(3,4)5)10-13(12)24-15(14)19-17(21)23-7-2/h11H,6-10H2,1-5H3,(H,19,21)/t11-/m1/s1. The van der Waals surface area contributed by atoms with Crippen molar-refractivity contribution in [2.24, 2.45) is 11.3 Å². The second-order valence-electron chi connectivity index (χ2n) is 7.08. The van der Waals surface area contributed by atoms with Crippen molar-refractivity contribution in [3.8, 4) is 0 Å². The fourth-order valence-corrected chi connectivity index (χ4v) is 4.39. The highest BCUT2D eigenvalue weighted by molar-refractivity contribution is 7.17. The first-order chi connectivity index (χ1) is 11.3. The van der Waals surface area contributed by atoms with Gasteiger partial charge in [-0.05, 0) is 50.0 Å². The predicted octanol–water partition coefficient (Wildman–Crippen LogP) is 4.64. The molecule has 5 nitrogen and oxygen atoms in total.